The molecule has 0 aromatic heterocycles. The molecule has 0 radical (unpaired) electrons. The molecule has 2 aromatic rings. The zero-order valence-electron chi connectivity index (χ0n) is 29.1. The molecule has 1 fully saturated rings. The van der Waals surface area contributed by atoms with Gasteiger partial charge >= 0.3 is 5.97 Å². The number of Topliss-reactive ketones (excluding diaryl/α,β-unsaturated/α-hetero) is 3. The summed E-state index contributed by atoms with van der Waals surface area (Å²) in [4.78, 5) is 70.5. The number of allylic oxidation sites excluding steroid dienone is 2. The van der Waals surface area contributed by atoms with Gasteiger partial charge in [-0.25, -0.2) is 4.79 Å². The molecule has 2 aromatic carbocycles. The first-order valence-corrected chi connectivity index (χ1v) is 16.3. The predicted molar refractivity (Wildman–Crippen MR) is 175 cm³/mol. The Balaban J connectivity index is 1.55. The van der Waals surface area contributed by atoms with Gasteiger partial charge in [-0.05, 0) is 36.6 Å². The van der Waals surface area contributed by atoms with Gasteiger partial charge in [0.25, 0.3) is 0 Å². The van der Waals surface area contributed by atoms with E-state index in [1.54, 1.807) is 6.92 Å². The molecule has 3 aliphatic carbocycles. The van der Waals surface area contributed by atoms with E-state index in [2.05, 4.69) is 5.32 Å². The lowest BCUT2D eigenvalue weighted by molar-refractivity contribution is -0.214. The summed E-state index contributed by atoms with van der Waals surface area (Å²) in [7, 11) is 4.55. The van der Waals surface area contributed by atoms with Crippen LogP contribution in [0.25, 0.3) is 0 Å². The lowest BCUT2D eigenvalue weighted by Crippen LogP contribution is -2.73. The van der Waals surface area contributed by atoms with Gasteiger partial charge < -0.3 is 54.5 Å². The van der Waals surface area contributed by atoms with Crippen molar-refractivity contribution in [2.45, 2.75) is 68.7 Å². The van der Waals surface area contributed by atoms with Crippen LogP contribution in [0.1, 0.15) is 81.0 Å². The van der Waals surface area contributed by atoms with Gasteiger partial charge in [-0.2, -0.15) is 0 Å². The Morgan fingerprint density at radius 1 is 1.02 bits per heavy atom. The predicted octanol–water partition coefficient (Wildman–Crippen LogP) is -0.567. The largest absolute Gasteiger partial charge is 0.495 e. The average molecular weight is 726 g/mol. The lowest BCUT2D eigenvalue weighted by atomic mass is 9.56. The molecule has 1 saturated heterocycles. The normalized spacial score (nSPS) is 30.9. The van der Waals surface area contributed by atoms with Crippen molar-refractivity contribution in [1.29, 1.82) is 0 Å². The summed E-state index contributed by atoms with van der Waals surface area (Å²) in [5.74, 6) is -6.54. The highest BCUT2D eigenvalue weighted by Crippen LogP contribution is 2.55. The van der Waals surface area contributed by atoms with Crippen LogP contribution in [0.5, 0.6) is 5.75 Å². The fourth-order valence-electron chi connectivity index (χ4n) is 8.40. The minimum absolute atomic E-state index is 0.130. The molecule has 1 aliphatic heterocycles. The second-order valence-electron chi connectivity index (χ2n) is 13.2. The Bertz CT molecular complexity index is 1950. The van der Waals surface area contributed by atoms with Gasteiger partial charge in [0, 0.05) is 43.4 Å². The minimum Gasteiger partial charge on any atom is -0.495 e. The van der Waals surface area contributed by atoms with E-state index in [9.17, 15) is 49.5 Å². The topological polar surface area (TPSA) is 245 Å². The molecule has 6 rings (SSSR count). The van der Waals surface area contributed by atoms with Gasteiger partial charge in [-0.3, -0.25) is 19.2 Å². The Kier molecular flexibility index (Phi) is 9.51. The molecule has 8 atom stereocenters. The first kappa shape index (κ1) is 37.4. The number of rotatable bonds is 8. The van der Waals surface area contributed by atoms with Crippen LogP contribution in [0.15, 0.2) is 23.9 Å². The van der Waals surface area contributed by atoms with Crippen LogP contribution in [0.4, 0.5) is 0 Å². The number of aliphatic hydroxyl groups excluding tert-OH is 4. The summed E-state index contributed by atoms with van der Waals surface area (Å²) in [5, 5.41) is 58.6. The van der Waals surface area contributed by atoms with Gasteiger partial charge in [0.1, 0.15) is 18.1 Å². The monoisotopic (exact) mass is 725 g/mol. The number of nitrogens with one attached hydrogen (secondary N) is 1. The summed E-state index contributed by atoms with van der Waals surface area (Å²) in [6, 6.07) is 2.38. The van der Waals surface area contributed by atoms with Gasteiger partial charge in [-0.15, -0.1) is 0 Å². The van der Waals surface area contributed by atoms with Crippen molar-refractivity contribution in [2.24, 2.45) is 5.92 Å². The highest BCUT2D eigenvalue weighted by atomic mass is 16.6. The van der Waals surface area contributed by atoms with Gasteiger partial charge in [0.2, 0.25) is 17.3 Å². The van der Waals surface area contributed by atoms with Crippen LogP contribution in [-0.2, 0) is 37.6 Å². The van der Waals surface area contributed by atoms with E-state index in [1.807, 2.05) is 0 Å². The van der Waals surface area contributed by atoms with Crippen molar-refractivity contribution < 1.29 is 73.2 Å². The molecule has 1 heterocycles. The zero-order chi connectivity index (χ0) is 38.2. The first-order chi connectivity index (χ1) is 24.6. The number of carbonyl (C=O) groups excluding carboxylic acids is 5. The van der Waals surface area contributed by atoms with Crippen molar-refractivity contribution in [3.8, 4) is 5.75 Å². The molecule has 16 nitrogen and oxygen atoms in total. The second kappa shape index (κ2) is 13.2. The molecule has 0 amide bonds. The number of ether oxygens (including phenoxy) is 5. The van der Waals surface area contributed by atoms with Gasteiger partial charge in [0.15, 0.2) is 17.0 Å². The number of ketones is 4. The number of aryl methyl sites for hydroxylation is 1. The fraction of sp³-hybridized carbons (Fsp3) is 0.472. The molecule has 6 N–H and O–H groups in total. The van der Waals surface area contributed by atoms with E-state index in [-0.39, 0.29) is 34.4 Å². The maximum Gasteiger partial charge on any atom is 0.338 e. The Hall–Kier alpha value is -4.39. The zero-order valence-corrected chi connectivity index (χ0v) is 29.1. The minimum atomic E-state index is -3.10. The second-order valence-corrected chi connectivity index (χ2v) is 13.2. The molecule has 0 bridgehead atoms. The molecule has 278 valence electrons. The first-order valence-electron chi connectivity index (χ1n) is 16.3. The number of benzene rings is 2. The molecule has 52 heavy (non-hydrogen) atoms. The lowest BCUT2D eigenvalue weighted by Gasteiger charge is -2.53. The highest BCUT2D eigenvalue weighted by molar-refractivity contribution is 6.31. The van der Waals surface area contributed by atoms with Crippen molar-refractivity contribution in [1.82, 2.24) is 5.32 Å². The standard InChI is InChI=1S/C36H39NO15/c1-13-7-15-8-22(41)36(51-6)32(45)25-17(31(44)35(36,47)26(15)18(11-38)23(13)34(46)50-5)9-16-24(30(25)49-4)21(40)10-20(27(16)42)37-33-19(12-39)28(43)29(48-3)14(2)52-33/h7,9-10,14,19,22,28-29,33,37-39,41,43,47H,8,11-12H2,1-6H3/t14-,19+,22+,28-,29-,33?,35-,36+/m0/s1. The Labute approximate surface area is 296 Å². The summed E-state index contributed by atoms with van der Waals surface area (Å²) in [6.07, 6.45) is -5.24. The molecule has 0 saturated carbocycles. The smallest absolute Gasteiger partial charge is 0.338 e. The Morgan fingerprint density at radius 2 is 1.71 bits per heavy atom. The Morgan fingerprint density at radius 3 is 2.29 bits per heavy atom. The third kappa shape index (κ3) is 4.79. The molecular weight excluding hydrogens is 686 g/mol. The maximum atomic E-state index is 14.9. The SMILES string of the molecule is COC(=O)c1c(C)cc2c(c1CO)[C@]1(O)C(=O)c3cc4c(c(OC)c3C(=O)[C@]1(OC)[C@H](O)C2)C(=O)C=C(NC1O[C@@H](C)[C@H](OC)[C@@H](O)[C@H]1CO)C4=O. The number of hydrogen-bond donors (Lipinski definition) is 6. The molecule has 1 unspecified atom stereocenters. The fourth-order valence-corrected chi connectivity index (χ4v) is 8.40. The molecule has 0 spiro atoms. The van der Waals surface area contributed by atoms with E-state index >= 15 is 0 Å². The van der Waals surface area contributed by atoms with Crippen LogP contribution in [0.3, 0.4) is 0 Å². The van der Waals surface area contributed by atoms with Crippen LogP contribution in [-0.4, -0.2) is 126 Å². The van der Waals surface area contributed by atoms with E-state index in [4.69, 9.17) is 23.7 Å². The van der Waals surface area contributed by atoms with E-state index in [0.717, 1.165) is 33.5 Å². The van der Waals surface area contributed by atoms with E-state index in [0.29, 0.717) is 5.56 Å². The van der Waals surface area contributed by atoms with E-state index in [1.165, 1.54) is 20.1 Å². The summed E-state index contributed by atoms with van der Waals surface area (Å²) in [6.45, 7) is 1.65. The van der Waals surface area contributed by atoms with Crippen LogP contribution >= 0.6 is 0 Å². The van der Waals surface area contributed by atoms with E-state index < -0.39 is 118 Å². The number of carbonyl (C=O) groups is 5. The third-order valence-corrected chi connectivity index (χ3v) is 10.8. The molecule has 16 heteroatoms. The van der Waals surface area contributed by atoms with Crippen LogP contribution in [0, 0.1) is 12.8 Å². The quantitative estimate of drug-likeness (QED) is 0.187. The van der Waals surface area contributed by atoms with Gasteiger partial charge in [-0.1, -0.05) is 6.07 Å². The third-order valence-electron chi connectivity index (χ3n) is 10.8. The highest BCUT2D eigenvalue weighted by Gasteiger charge is 2.72. The average Bonchev–Trinajstić information content (AvgIpc) is 3.11. The van der Waals surface area contributed by atoms with Crippen molar-refractivity contribution >= 4 is 29.1 Å². The number of esters is 1. The number of fused-ring (bicyclic) bond motifs is 5. The number of hydrogen-bond acceptors (Lipinski definition) is 16. The summed E-state index contributed by atoms with van der Waals surface area (Å²) >= 11 is 0. The number of aliphatic hydroxyl groups is 5. The number of methoxy groups -OCH3 is 4. The molecule has 4 aliphatic rings. The van der Waals surface area contributed by atoms with Gasteiger partial charge in [0.05, 0.1) is 74.1 Å². The van der Waals surface area contributed by atoms with Crippen LogP contribution in [0.2, 0.25) is 0 Å². The van der Waals surface area contributed by atoms with Crippen LogP contribution < -0.4 is 10.1 Å². The molecular formula is C36H39NO15. The van der Waals surface area contributed by atoms with Crippen molar-refractivity contribution in [3.05, 3.63) is 74.0 Å². The van der Waals surface area contributed by atoms with Crippen molar-refractivity contribution in [3.63, 3.8) is 0 Å². The maximum absolute atomic E-state index is 14.9. The summed E-state index contributed by atoms with van der Waals surface area (Å²) < 4.78 is 27.3. The van der Waals surface area contributed by atoms with Crippen molar-refractivity contribution in [2.75, 3.05) is 35.0 Å². The summed E-state index contributed by atoms with van der Waals surface area (Å²) in [5.41, 5.74) is -8.49.